The molecule has 0 aliphatic rings. The van der Waals surface area contributed by atoms with Crippen LogP contribution in [0.15, 0.2) is 24.3 Å². The number of benzene rings is 2. The summed E-state index contributed by atoms with van der Waals surface area (Å²) in [5.41, 5.74) is 5.58. The summed E-state index contributed by atoms with van der Waals surface area (Å²) < 4.78 is 39.6. The standard InChI is InChI=1S/C12H7Cl2F3N2/c13-6-3-11(10(18)4-8(6)16)19-12-7(14)1-5(15)2-9(12)17/h1-4,19H,18H2. The maximum atomic E-state index is 13.6. The van der Waals surface area contributed by atoms with Gasteiger partial charge in [0.25, 0.3) is 0 Å². The molecule has 100 valence electrons. The fourth-order valence-electron chi connectivity index (χ4n) is 1.47. The molecule has 2 nitrogen and oxygen atoms in total. The van der Waals surface area contributed by atoms with E-state index in [4.69, 9.17) is 28.9 Å². The third kappa shape index (κ3) is 2.88. The molecule has 0 unspecified atom stereocenters. The molecular formula is C12H7Cl2F3N2. The van der Waals surface area contributed by atoms with Gasteiger partial charge in [0, 0.05) is 12.1 Å². The van der Waals surface area contributed by atoms with Crippen molar-refractivity contribution >= 4 is 40.3 Å². The summed E-state index contributed by atoms with van der Waals surface area (Å²) >= 11 is 11.3. The maximum Gasteiger partial charge on any atom is 0.151 e. The van der Waals surface area contributed by atoms with Crippen molar-refractivity contribution in [2.45, 2.75) is 0 Å². The van der Waals surface area contributed by atoms with Crippen molar-refractivity contribution in [2.24, 2.45) is 0 Å². The first-order valence-corrected chi connectivity index (χ1v) is 5.80. The largest absolute Gasteiger partial charge is 0.397 e. The first-order chi connectivity index (χ1) is 8.88. The molecule has 0 radical (unpaired) electrons. The monoisotopic (exact) mass is 306 g/mol. The molecule has 2 aromatic rings. The van der Waals surface area contributed by atoms with Crippen LogP contribution in [0.3, 0.4) is 0 Å². The minimum atomic E-state index is -0.898. The zero-order valence-corrected chi connectivity index (χ0v) is 10.8. The van der Waals surface area contributed by atoms with Gasteiger partial charge in [0.15, 0.2) is 5.82 Å². The number of nitrogen functional groups attached to an aromatic ring is 1. The molecule has 0 saturated carbocycles. The molecule has 0 bridgehead atoms. The Morgan fingerprint density at radius 2 is 1.58 bits per heavy atom. The highest BCUT2D eigenvalue weighted by Crippen LogP contribution is 2.33. The first-order valence-electron chi connectivity index (χ1n) is 5.04. The smallest absolute Gasteiger partial charge is 0.151 e. The third-order valence-electron chi connectivity index (χ3n) is 2.36. The van der Waals surface area contributed by atoms with Crippen LogP contribution in [0.4, 0.5) is 30.2 Å². The van der Waals surface area contributed by atoms with E-state index in [-0.39, 0.29) is 27.1 Å². The SMILES string of the molecule is Nc1cc(F)c(Cl)cc1Nc1c(F)cc(F)cc1Cl. The minimum absolute atomic E-state index is 0.0155. The molecule has 0 fully saturated rings. The van der Waals surface area contributed by atoms with E-state index in [1.165, 1.54) is 6.07 Å². The zero-order valence-electron chi connectivity index (χ0n) is 9.28. The molecule has 0 aliphatic carbocycles. The Morgan fingerprint density at radius 1 is 0.895 bits per heavy atom. The summed E-state index contributed by atoms with van der Waals surface area (Å²) in [6.07, 6.45) is 0. The highest BCUT2D eigenvalue weighted by molar-refractivity contribution is 6.33. The Bertz CT molecular complexity index is 624. The number of hydrogen-bond acceptors (Lipinski definition) is 2. The molecule has 0 aromatic heterocycles. The summed E-state index contributed by atoms with van der Waals surface area (Å²) in [5.74, 6) is -2.40. The molecule has 3 N–H and O–H groups in total. The van der Waals surface area contributed by atoms with Crippen LogP contribution in [0.1, 0.15) is 0 Å². The van der Waals surface area contributed by atoms with Crippen LogP contribution in [-0.2, 0) is 0 Å². The third-order valence-corrected chi connectivity index (χ3v) is 2.95. The first kappa shape index (κ1) is 13.8. The van der Waals surface area contributed by atoms with Crippen molar-refractivity contribution in [1.29, 1.82) is 0 Å². The topological polar surface area (TPSA) is 38.0 Å². The maximum absolute atomic E-state index is 13.6. The highest BCUT2D eigenvalue weighted by atomic mass is 35.5. The van der Waals surface area contributed by atoms with Gasteiger partial charge < -0.3 is 11.1 Å². The van der Waals surface area contributed by atoms with Crippen molar-refractivity contribution in [3.8, 4) is 0 Å². The number of hydrogen-bond donors (Lipinski definition) is 2. The zero-order chi connectivity index (χ0) is 14.2. The molecular weight excluding hydrogens is 300 g/mol. The number of anilines is 3. The van der Waals surface area contributed by atoms with Gasteiger partial charge in [-0.25, -0.2) is 13.2 Å². The van der Waals surface area contributed by atoms with E-state index >= 15 is 0 Å². The molecule has 0 atom stereocenters. The lowest BCUT2D eigenvalue weighted by Gasteiger charge is -2.12. The van der Waals surface area contributed by atoms with Crippen LogP contribution in [0.25, 0.3) is 0 Å². The van der Waals surface area contributed by atoms with Gasteiger partial charge in [0.1, 0.15) is 11.6 Å². The lowest BCUT2D eigenvalue weighted by Crippen LogP contribution is -2.00. The Kier molecular flexibility index (Phi) is 3.78. The highest BCUT2D eigenvalue weighted by Gasteiger charge is 2.13. The molecule has 0 spiro atoms. The predicted octanol–water partition coefficient (Wildman–Crippen LogP) is 4.74. The van der Waals surface area contributed by atoms with Gasteiger partial charge in [0.2, 0.25) is 0 Å². The van der Waals surface area contributed by atoms with Crippen molar-refractivity contribution in [1.82, 2.24) is 0 Å². The van der Waals surface area contributed by atoms with Crippen LogP contribution in [0.2, 0.25) is 10.0 Å². The second kappa shape index (κ2) is 5.19. The van der Waals surface area contributed by atoms with E-state index < -0.39 is 17.5 Å². The van der Waals surface area contributed by atoms with Crippen molar-refractivity contribution in [3.63, 3.8) is 0 Å². The number of nitrogens with one attached hydrogen (secondary N) is 1. The fourth-order valence-corrected chi connectivity index (χ4v) is 1.87. The molecule has 0 heterocycles. The fraction of sp³-hybridized carbons (Fsp3) is 0. The average Bonchev–Trinajstić information content (AvgIpc) is 2.29. The van der Waals surface area contributed by atoms with Crippen LogP contribution in [0.5, 0.6) is 0 Å². The molecule has 7 heteroatoms. The molecule has 0 aliphatic heterocycles. The van der Waals surface area contributed by atoms with E-state index in [0.29, 0.717) is 6.07 Å². The second-order valence-electron chi connectivity index (χ2n) is 3.72. The van der Waals surface area contributed by atoms with Crippen LogP contribution in [0, 0.1) is 17.5 Å². The molecule has 19 heavy (non-hydrogen) atoms. The predicted molar refractivity (Wildman–Crippen MR) is 70.5 cm³/mol. The van der Waals surface area contributed by atoms with E-state index in [9.17, 15) is 13.2 Å². The van der Waals surface area contributed by atoms with Crippen LogP contribution in [-0.4, -0.2) is 0 Å². The lowest BCUT2D eigenvalue weighted by atomic mass is 10.2. The van der Waals surface area contributed by atoms with Gasteiger partial charge >= 0.3 is 0 Å². The van der Waals surface area contributed by atoms with Crippen molar-refractivity contribution in [3.05, 3.63) is 51.8 Å². The Hall–Kier alpha value is -1.59. The molecule has 0 amide bonds. The molecule has 2 rings (SSSR count). The van der Waals surface area contributed by atoms with Gasteiger partial charge in [-0.2, -0.15) is 0 Å². The van der Waals surface area contributed by atoms with Gasteiger partial charge in [-0.05, 0) is 12.1 Å². The van der Waals surface area contributed by atoms with E-state index in [1.807, 2.05) is 0 Å². The van der Waals surface area contributed by atoms with E-state index in [0.717, 1.165) is 12.1 Å². The quantitative estimate of drug-likeness (QED) is 0.787. The minimum Gasteiger partial charge on any atom is -0.397 e. The van der Waals surface area contributed by atoms with E-state index in [2.05, 4.69) is 5.32 Å². The van der Waals surface area contributed by atoms with Gasteiger partial charge in [-0.3, -0.25) is 0 Å². The summed E-state index contributed by atoms with van der Waals surface area (Å²) in [7, 11) is 0. The Morgan fingerprint density at radius 3 is 2.21 bits per heavy atom. The van der Waals surface area contributed by atoms with Crippen molar-refractivity contribution in [2.75, 3.05) is 11.1 Å². The summed E-state index contributed by atoms with van der Waals surface area (Å²) in [6, 6.07) is 3.77. The normalized spacial score (nSPS) is 10.6. The summed E-state index contributed by atoms with van der Waals surface area (Å²) in [6.45, 7) is 0. The Balaban J connectivity index is 2.45. The molecule has 2 aromatic carbocycles. The second-order valence-corrected chi connectivity index (χ2v) is 4.54. The van der Waals surface area contributed by atoms with E-state index in [1.54, 1.807) is 0 Å². The summed E-state index contributed by atoms with van der Waals surface area (Å²) in [4.78, 5) is 0. The van der Waals surface area contributed by atoms with Crippen molar-refractivity contribution < 1.29 is 13.2 Å². The van der Waals surface area contributed by atoms with Crippen LogP contribution < -0.4 is 11.1 Å². The van der Waals surface area contributed by atoms with Crippen LogP contribution >= 0.6 is 23.2 Å². The number of rotatable bonds is 2. The molecule has 0 saturated heterocycles. The van der Waals surface area contributed by atoms with Gasteiger partial charge in [0.05, 0.1) is 27.1 Å². The summed E-state index contributed by atoms with van der Waals surface area (Å²) in [5, 5.41) is 2.20. The lowest BCUT2D eigenvalue weighted by molar-refractivity contribution is 0.586. The number of nitrogens with two attached hydrogens (primary N) is 1. The van der Waals surface area contributed by atoms with Gasteiger partial charge in [-0.1, -0.05) is 23.2 Å². The average molecular weight is 307 g/mol. The Labute approximate surface area is 116 Å². The van der Waals surface area contributed by atoms with Gasteiger partial charge in [-0.15, -0.1) is 0 Å². The number of halogens is 5.